The average molecular weight is 269 g/mol. The number of thiazole rings is 1. The Morgan fingerprint density at radius 2 is 2.06 bits per heavy atom. The molecule has 90 valence electrons. The maximum Gasteiger partial charge on any atom is 0.123 e. The fourth-order valence-corrected chi connectivity index (χ4v) is 3.43. The SMILES string of the molecule is Cc1ncsc1CCS(=O)c1ccc(F)cc1. The monoisotopic (exact) mass is 269 g/mol. The molecule has 0 saturated heterocycles. The predicted molar refractivity (Wildman–Crippen MR) is 68.2 cm³/mol. The van der Waals surface area contributed by atoms with Crippen molar-refractivity contribution < 1.29 is 8.60 Å². The smallest absolute Gasteiger partial charge is 0.123 e. The molecule has 0 radical (unpaired) electrons. The number of benzene rings is 1. The lowest BCUT2D eigenvalue weighted by atomic mass is 10.3. The number of aromatic nitrogens is 1. The number of nitrogens with zero attached hydrogens (tertiary/aromatic N) is 1. The molecule has 0 aliphatic carbocycles. The van der Waals surface area contributed by atoms with E-state index in [9.17, 15) is 8.60 Å². The van der Waals surface area contributed by atoms with Crippen LogP contribution in [0.1, 0.15) is 10.6 Å². The van der Waals surface area contributed by atoms with Crippen LogP contribution < -0.4 is 0 Å². The Kier molecular flexibility index (Phi) is 4.02. The average Bonchev–Trinajstić information content (AvgIpc) is 2.73. The molecule has 0 bridgehead atoms. The summed E-state index contributed by atoms with van der Waals surface area (Å²) >= 11 is 1.58. The molecule has 0 saturated carbocycles. The summed E-state index contributed by atoms with van der Waals surface area (Å²) in [5, 5.41) is 0. The molecule has 0 aliphatic rings. The standard InChI is InChI=1S/C12H12FNOS2/c1-9-12(16-8-14-9)6-7-17(15)11-4-2-10(13)3-5-11/h2-5,8H,6-7H2,1H3. The van der Waals surface area contributed by atoms with Crippen LogP contribution in [0.15, 0.2) is 34.7 Å². The summed E-state index contributed by atoms with van der Waals surface area (Å²) in [5.74, 6) is 0.248. The first-order chi connectivity index (χ1) is 8.16. The summed E-state index contributed by atoms with van der Waals surface area (Å²) in [4.78, 5) is 5.99. The maximum absolute atomic E-state index is 12.7. The molecule has 5 heteroatoms. The van der Waals surface area contributed by atoms with Crippen LogP contribution in [0.2, 0.25) is 0 Å². The van der Waals surface area contributed by atoms with E-state index in [1.54, 1.807) is 29.0 Å². The number of rotatable bonds is 4. The summed E-state index contributed by atoms with van der Waals surface area (Å²) in [5.41, 5.74) is 2.80. The van der Waals surface area contributed by atoms with Crippen molar-refractivity contribution in [3.8, 4) is 0 Å². The lowest BCUT2D eigenvalue weighted by Crippen LogP contribution is -2.01. The molecule has 0 spiro atoms. The van der Waals surface area contributed by atoms with Crippen LogP contribution >= 0.6 is 11.3 Å². The molecule has 1 aromatic carbocycles. The van der Waals surface area contributed by atoms with E-state index in [1.807, 2.05) is 6.92 Å². The van der Waals surface area contributed by atoms with Crippen LogP contribution in [0, 0.1) is 12.7 Å². The van der Waals surface area contributed by atoms with Crippen LogP contribution in [0.4, 0.5) is 4.39 Å². The molecule has 0 N–H and O–H groups in total. The van der Waals surface area contributed by atoms with Gasteiger partial charge in [0.25, 0.3) is 0 Å². The number of halogens is 1. The summed E-state index contributed by atoms with van der Waals surface area (Å²) < 4.78 is 24.6. The van der Waals surface area contributed by atoms with Gasteiger partial charge in [-0.2, -0.15) is 0 Å². The second-order valence-electron chi connectivity index (χ2n) is 3.61. The summed E-state index contributed by atoms with van der Waals surface area (Å²) in [6.07, 6.45) is 0.750. The van der Waals surface area contributed by atoms with Gasteiger partial charge in [-0.25, -0.2) is 9.37 Å². The third-order valence-corrected chi connectivity index (χ3v) is 4.80. The van der Waals surface area contributed by atoms with Crippen molar-refractivity contribution in [2.24, 2.45) is 0 Å². The van der Waals surface area contributed by atoms with Gasteiger partial charge >= 0.3 is 0 Å². The molecule has 0 aliphatic heterocycles. The van der Waals surface area contributed by atoms with Crippen LogP contribution in [0.25, 0.3) is 0 Å². The zero-order valence-corrected chi connectivity index (χ0v) is 11.0. The number of hydrogen-bond donors (Lipinski definition) is 0. The Morgan fingerprint density at radius 1 is 1.35 bits per heavy atom. The fraction of sp³-hybridized carbons (Fsp3) is 0.250. The minimum Gasteiger partial charge on any atom is -0.254 e. The van der Waals surface area contributed by atoms with E-state index < -0.39 is 10.8 Å². The Morgan fingerprint density at radius 3 is 2.65 bits per heavy atom. The molecule has 2 rings (SSSR count). The van der Waals surface area contributed by atoms with Crippen molar-refractivity contribution in [3.63, 3.8) is 0 Å². The van der Waals surface area contributed by atoms with Crippen molar-refractivity contribution in [2.75, 3.05) is 5.75 Å². The van der Waals surface area contributed by atoms with E-state index in [0.717, 1.165) is 12.1 Å². The van der Waals surface area contributed by atoms with Gasteiger partial charge in [-0.3, -0.25) is 4.21 Å². The Bertz CT molecular complexity index is 522. The molecule has 1 aromatic heterocycles. The topological polar surface area (TPSA) is 30.0 Å². The molecule has 0 amide bonds. The zero-order chi connectivity index (χ0) is 12.3. The van der Waals surface area contributed by atoms with Gasteiger partial charge in [-0.15, -0.1) is 11.3 Å². The van der Waals surface area contributed by atoms with E-state index in [-0.39, 0.29) is 5.82 Å². The maximum atomic E-state index is 12.7. The van der Waals surface area contributed by atoms with E-state index >= 15 is 0 Å². The van der Waals surface area contributed by atoms with E-state index in [4.69, 9.17) is 0 Å². The second kappa shape index (κ2) is 5.51. The third kappa shape index (κ3) is 3.20. The fourth-order valence-electron chi connectivity index (χ4n) is 1.46. The first kappa shape index (κ1) is 12.4. The van der Waals surface area contributed by atoms with Crippen molar-refractivity contribution in [3.05, 3.63) is 46.2 Å². The normalized spacial score (nSPS) is 12.6. The second-order valence-corrected chi connectivity index (χ2v) is 6.12. The lowest BCUT2D eigenvalue weighted by molar-refractivity contribution is 0.626. The molecule has 17 heavy (non-hydrogen) atoms. The first-order valence-corrected chi connectivity index (χ1v) is 7.39. The van der Waals surface area contributed by atoms with Crippen molar-refractivity contribution in [1.29, 1.82) is 0 Å². The van der Waals surface area contributed by atoms with Gasteiger partial charge in [0.15, 0.2) is 0 Å². The number of aryl methyl sites for hydroxylation is 2. The quantitative estimate of drug-likeness (QED) is 0.854. The summed E-state index contributed by atoms with van der Waals surface area (Å²) in [7, 11) is -1.07. The highest BCUT2D eigenvalue weighted by molar-refractivity contribution is 7.85. The molecule has 1 unspecified atom stereocenters. The minimum atomic E-state index is -1.07. The van der Waals surface area contributed by atoms with E-state index in [2.05, 4.69) is 4.98 Å². The molecular formula is C12H12FNOS2. The van der Waals surface area contributed by atoms with E-state index in [0.29, 0.717) is 10.6 Å². The lowest BCUT2D eigenvalue weighted by Gasteiger charge is -2.01. The molecule has 1 heterocycles. The van der Waals surface area contributed by atoms with Gasteiger partial charge < -0.3 is 0 Å². The molecule has 0 fully saturated rings. The van der Waals surface area contributed by atoms with Crippen LogP contribution in [0.5, 0.6) is 0 Å². The van der Waals surface area contributed by atoms with Crippen LogP contribution in [0.3, 0.4) is 0 Å². The van der Waals surface area contributed by atoms with Crippen LogP contribution in [-0.4, -0.2) is 14.9 Å². The highest BCUT2D eigenvalue weighted by atomic mass is 32.2. The largest absolute Gasteiger partial charge is 0.254 e. The highest BCUT2D eigenvalue weighted by Gasteiger charge is 2.07. The van der Waals surface area contributed by atoms with Crippen molar-refractivity contribution >= 4 is 22.1 Å². The highest BCUT2D eigenvalue weighted by Crippen LogP contribution is 2.15. The van der Waals surface area contributed by atoms with E-state index in [1.165, 1.54) is 17.0 Å². The van der Waals surface area contributed by atoms with Gasteiger partial charge in [0.1, 0.15) is 5.82 Å². The predicted octanol–water partition coefficient (Wildman–Crippen LogP) is 2.94. The Balaban J connectivity index is 1.98. The van der Waals surface area contributed by atoms with Gasteiger partial charge in [0.05, 0.1) is 22.0 Å². The van der Waals surface area contributed by atoms with Gasteiger partial charge in [0.2, 0.25) is 0 Å². The van der Waals surface area contributed by atoms with Gasteiger partial charge in [0, 0.05) is 15.5 Å². The minimum absolute atomic E-state index is 0.302. The zero-order valence-electron chi connectivity index (χ0n) is 9.35. The Labute approximate surface area is 106 Å². The van der Waals surface area contributed by atoms with Crippen molar-refractivity contribution in [2.45, 2.75) is 18.2 Å². The summed E-state index contributed by atoms with van der Waals surface area (Å²) in [6, 6.07) is 5.83. The summed E-state index contributed by atoms with van der Waals surface area (Å²) in [6.45, 7) is 1.95. The van der Waals surface area contributed by atoms with Crippen LogP contribution in [-0.2, 0) is 17.2 Å². The molecule has 2 nitrogen and oxygen atoms in total. The van der Waals surface area contributed by atoms with Crippen molar-refractivity contribution in [1.82, 2.24) is 4.98 Å². The van der Waals surface area contributed by atoms with Gasteiger partial charge in [-0.05, 0) is 37.6 Å². The first-order valence-electron chi connectivity index (χ1n) is 5.20. The van der Waals surface area contributed by atoms with Gasteiger partial charge in [-0.1, -0.05) is 0 Å². The molecule has 1 atom stereocenters. The third-order valence-electron chi connectivity index (χ3n) is 2.44. The molecule has 2 aromatic rings. The number of hydrogen-bond acceptors (Lipinski definition) is 3. The molecular weight excluding hydrogens is 257 g/mol. The Hall–Kier alpha value is -1.07.